The summed E-state index contributed by atoms with van der Waals surface area (Å²) in [6, 6.07) is 24.9. The van der Waals surface area contributed by atoms with Crippen LogP contribution in [0.4, 0.5) is 39.1 Å². The first-order valence-electron chi connectivity index (χ1n) is 21.2. The Morgan fingerprint density at radius 2 is 1.57 bits per heavy atom. The highest BCUT2D eigenvalue weighted by molar-refractivity contribution is 7.92. The number of halogens is 6. The van der Waals surface area contributed by atoms with Gasteiger partial charge in [0.05, 0.1) is 41.1 Å². The summed E-state index contributed by atoms with van der Waals surface area (Å²) in [7, 11) is -3.84. The number of carbonyl (C=O) groups excluding carboxylic acids is 2. The van der Waals surface area contributed by atoms with Crippen molar-refractivity contribution < 1.29 is 49.4 Å². The van der Waals surface area contributed by atoms with Crippen LogP contribution in [0, 0.1) is 18.6 Å². The number of nitrogens with one attached hydrogen (secondary N) is 3. The summed E-state index contributed by atoms with van der Waals surface area (Å²) in [6.45, 7) is 9.00. The average molecular weight is 975 g/mol. The molecule has 1 fully saturated rings. The second-order valence-electron chi connectivity index (χ2n) is 15.9. The number of alkyl halides is 3. The first-order chi connectivity index (χ1) is 32.3. The molecular weight excluding hydrogens is 931 g/mol. The van der Waals surface area contributed by atoms with E-state index in [0.717, 1.165) is 42.2 Å². The van der Waals surface area contributed by atoms with Gasteiger partial charge < -0.3 is 24.7 Å². The van der Waals surface area contributed by atoms with Gasteiger partial charge in [0.25, 0.3) is 5.91 Å². The van der Waals surface area contributed by atoms with Crippen molar-refractivity contribution in [3.8, 4) is 28.0 Å². The van der Waals surface area contributed by atoms with E-state index >= 15 is 4.39 Å². The molecular formula is C49H44ClF5N6O6S. The van der Waals surface area contributed by atoms with E-state index in [1.54, 1.807) is 68.7 Å². The van der Waals surface area contributed by atoms with Gasteiger partial charge in [-0.15, -0.1) is 13.2 Å². The normalized spacial score (nSPS) is 15.1. The van der Waals surface area contributed by atoms with E-state index in [9.17, 15) is 35.6 Å². The molecule has 3 N–H and O–H groups in total. The van der Waals surface area contributed by atoms with Crippen molar-refractivity contribution in [2.45, 2.75) is 52.7 Å². The molecule has 1 aliphatic rings. The van der Waals surface area contributed by atoms with Crippen LogP contribution in [0.3, 0.4) is 0 Å². The number of nitrogens with zero attached hydrogens (tertiary/aromatic N) is 3. The lowest BCUT2D eigenvalue weighted by atomic mass is 9.96. The van der Waals surface area contributed by atoms with Crippen LogP contribution < -0.4 is 19.7 Å². The monoisotopic (exact) mass is 974 g/mol. The highest BCUT2D eigenvalue weighted by Gasteiger charge is 2.31. The Bertz CT molecular complexity index is 3050. The third-order valence-corrected chi connectivity index (χ3v) is 12.5. The predicted octanol–water partition coefficient (Wildman–Crippen LogP) is 11.4. The summed E-state index contributed by atoms with van der Waals surface area (Å²) in [5.41, 5.74) is 3.61. The first kappa shape index (κ1) is 49.0. The highest BCUT2D eigenvalue weighted by atomic mass is 35.5. The fourth-order valence-corrected chi connectivity index (χ4v) is 8.95. The second kappa shape index (κ2) is 20.5. The van der Waals surface area contributed by atoms with Gasteiger partial charge in [-0.25, -0.2) is 27.2 Å². The molecule has 1 aliphatic heterocycles. The van der Waals surface area contributed by atoms with Crippen molar-refractivity contribution in [2.75, 3.05) is 33.8 Å². The zero-order valence-electron chi connectivity index (χ0n) is 36.9. The largest absolute Gasteiger partial charge is 0.573 e. The van der Waals surface area contributed by atoms with Gasteiger partial charge in [0.1, 0.15) is 23.0 Å². The number of fused-ring (bicyclic) bond motifs is 1. The lowest BCUT2D eigenvalue weighted by Gasteiger charge is -2.36. The summed E-state index contributed by atoms with van der Waals surface area (Å²) in [5, 5.41) is 3.80. The van der Waals surface area contributed by atoms with Crippen LogP contribution in [0.25, 0.3) is 33.3 Å². The molecule has 4 heterocycles. The molecule has 2 atom stereocenters. The number of aromatic amines is 1. The lowest BCUT2D eigenvalue weighted by molar-refractivity contribution is -0.274. The molecule has 8 rings (SSSR count). The summed E-state index contributed by atoms with van der Waals surface area (Å²) in [4.78, 5) is 39.9. The van der Waals surface area contributed by atoms with Gasteiger partial charge in [-0.1, -0.05) is 54.9 Å². The van der Waals surface area contributed by atoms with Crippen molar-refractivity contribution in [3.63, 3.8) is 0 Å². The van der Waals surface area contributed by atoms with E-state index < -0.39 is 45.1 Å². The lowest BCUT2D eigenvalue weighted by Crippen LogP contribution is -2.45. The fraction of sp³-hybridized carbons (Fsp3) is 0.224. The molecule has 68 heavy (non-hydrogen) atoms. The number of ketones is 1. The SMILES string of the molecule is CCCS(=O)(=O)Nc1ccc(F)c(C(=O)c2c[nH]c3ncc(-c4ccc(Cl)cc4)cc23)c1F.Cc1c(C(=O)Nc2ccc(N3C[C@@H](C)O[C@@H](C)C3)nc2)cccc1-c1ccc(OC(F)(F)F)cc1. The Kier molecular flexibility index (Phi) is 14.8. The minimum absolute atomic E-state index is 0.000297. The van der Waals surface area contributed by atoms with Crippen LogP contribution in [0.5, 0.6) is 5.75 Å². The molecule has 1 saturated heterocycles. The predicted molar refractivity (Wildman–Crippen MR) is 252 cm³/mol. The summed E-state index contributed by atoms with van der Waals surface area (Å²) < 4.78 is 103. The number of carbonyl (C=O) groups is 2. The number of pyridine rings is 2. The van der Waals surface area contributed by atoms with E-state index in [1.165, 1.54) is 30.5 Å². The molecule has 1 amide bonds. The smallest absolute Gasteiger partial charge is 0.406 e. The summed E-state index contributed by atoms with van der Waals surface area (Å²) in [5.74, 6) is -3.35. The van der Waals surface area contributed by atoms with E-state index in [1.807, 2.05) is 32.0 Å². The number of H-pyrrole nitrogens is 1. The molecule has 12 nitrogen and oxygen atoms in total. The highest BCUT2D eigenvalue weighted by Crippen LogP contribution is 2.32. The summed E-state index contributed by atoms with van der Waals surface area (Å²) >= 11 is 5.93. The van der Waals surface area contributed by atoms with Gasteiger partial charge >= 0.3 is 6.36 Å². The molecule has 4 aromatic carbocycles. The number of hydrogen-bond donors (Lipinski definition) is 3. The summed E-state index contributed by atoms with van der Waals surface area (Å²) in [6.07, 6.45) is 0.325. The molecule has 0 radical (unpaired) electrons. The molecule has 7 aromatic rings. The van der Waals surface area contributed by atoms with Crippen molar-refractivity contribution in [1.82, 2.24) is 15.0 Å². The molecule has 19 heteroatoms. The fourth-order valence-electron chi connectivity index (χ4n) is 7.69. The maximum absolute atomic E-state index is 15.1. The number of benzene rings is 4. The minimum Gasteiger partial charge on any atom is -0.406 e. The van der Waals surface area contributed by atoms with Crippen LogP contribution in [-0.2, 0) is 14.8 Å². The number of sulfonamides is 1. The van der Waals surface area contributed by atoms with Crippen LogP contribution >= 0.6 is 11.6 Å². The van der Waals surface area contributed by atoms with Gasteiger partial charge in [0.15, 0.2) is 5.82 Å². The molecule has 0 spiro atoms. The minimum atomic E-state index is -4.75. The van der Waals surface area contributed by atoms with Crippen LogP contribution in [0.1, 0.15) is 59.0 Å². The van der Waals surface area contributed by atoms with Crippen molar-refractivity contribution in [1.29, 1.82) is 0 Å². The van der Waals surface area contributed by atoms with Gasteiger partial charge in [-0.2, -0.15) is 0 Å². The topological polar surface area (TPSA) is 156 Å². The van der Waals surface area contributed by atoms with Crippen molar-refractivity contribution >= 4 is 61.5 Å². The van der Waals surface area contributed by atoms with Gasteiger partial charge in [0.2, 0.25) is 15.8 Å². The number of rotatable bonds is 12. The van der Waals surface area contributed by atoms with Gasteiger partial charge in [-0.05, 0) is 110 Å². The Hall–Kier alpha value is -6.89. The number of anilines is 3. The number of amides is 1. The molecule has 0 bridgehead atoms. The van der Waals surface area contributed by atoms with Crippen LogP contribution in [0.15, 0.2) is 116 Å². The number of ether oxygens (including phenoxy) is 2. The maximum atomic E-state index is 15.1. The van der Waals surface area contributed by atoms with Crippen LogP contribution in [0.2, 0.25) is 5.02 Å². The third-order valence-electron chi connectivity index (χ3n) is 10.7. The quantitative estimate of drug-likeness (QED) is 0.0801. The zero-order chi connectivity index (χ0) is 48.9. The average Bonchev–Trinajstić information content (AvgIpc) is 3.71. The number of morpholine rings is 1. The first-order valence-corrected chi connectivity index (χ1v) is 23.2. The van der Waals surface area contributed by atoms with Gasteiger partial charge in [0, 0.05) is 52.6 Å². The molecule has 0 aliphatic carbocycles. The second-order valence-corrected chi connectivity index (χ2v) is 18.2. The van der Waals surface area contributed by atoms with E-state index in [0.29, 0.717) is 50.4 Å². The Morgan fingerprint density at radius 1 is 0.882 bits per heavy atom. The maximum Gasteiger partial charge on any atom is 0.573 e. The molecule has 0 unspecified atom stereocenters. The standard InChI is InChI=1S/C26H26F3N3O3.C23H18ClF2N3O3S/c1-16-14-32(15-17(2)34-16)24-12-9-20(13-30-24)31-25(33)23-6-4-5-22(18(23)3)19-7-10-21(11-8-19)35-26(27,28)29;1-2-9-33(31,32)29-19-8-7-18(25)20(21(19)26)22(30)17-12-28-23-16(17)10-14(11-27-23)13-3-5-15(24)6-4-13/h4-13,16-17H,14-15H2,1-3H3,(H,31,33);3-8,10-12,29H,2,9H2,1H3,(H,27,28)/t16-,17+;. The third kappa shape index (κ3) is 11.8. The van der Waals surface area contributed by atoms with Crippen LogP contribution in [-0.4, -0.2) is 72.5 Å². The van der Waals surface area contributed by atoms with Gasteiger partial charge in [-0.3, -0.25) is 14.3 Å². The number of aromatic nitrogens is 3. The van der Waals surface area contributed by atoms with Crippen molar-refractivity contribution in [3.05, 3.63) is 155 Å². The van der Waals surface area contributed by atoms with E-state index in [4.69, 9.17) is 16.3 Å². The zero-order valence-corrected chi connectivity index (χ0v) is 38.5. The number of hydrogen-bond acceptors (Lipinski definition) is 9. The van der Waals surface area contributed by atoms with E-state index in [2.05, 4.69) is 34.6 Å². The molecule has 354 valence electrons. The molecule has 3 aromatic heterocycles. The Labute approximate surface area is 393 Å². The van der Waals surface area contributed by atoms with Crippen molar-refractivity contribution in [2.24, 2.45) is 0 Å². The molecule has 0 saturated carbocycles. The Balaban J connectivity index is 0.000000202. The van der Waals surface area contributed by atoms with E-state index in [-0.39, 0.29) is 35.2 Å². The Morgan fingerprint density at radius 3 is 2.22 bits per heavy atom.